The Morgan fingerprint density at radius 1 is 1.20 bits per heavy atom. The van der Waals surface area contributed by atoms with Gasteiger partial charge in [0.1, 0.15) is 17.6 Å². The van der Waals surface area contributed by atoms with E-state index in [1.807, 2.05) is 37.2 Å². The van der Waals surface area contributed by atoms with Crippen molar-refractivity contribution in [1.82, 2.24) is 19.3 Å². The van der Waals surface area contributed by atoms with Crippen LogP contribution in [0.15, 0.2) is 42.7 Å². The van der Waals surface area contributed by atoms with Crippen LogP contribution < -0.4 is 10.1 Å². The Bertz CT molecular complexity index is 1530. The first-order valence-electron chi connectivity index (χ1n) is 11.1. The van der Waals surface area contributed by atoms with Crippen molar-refractivity contribution in [3.8, 4) is 29.0 Å². The van der Waals surface area contributed by atoms with Gasteiger partial charge in [-0.15, -0.1) is 0 Å². The predicted molar refractivity (Wildman–Crippen MR) is 128 cm³/mol. The molecule has 0 unspecified atom stereocenters. The fraction of sp³-hybridized carbons (Fsp3) is 0.231. The normalized spacial score (nSPS) is 12.3. The van der Waals surface area contributed by atoms with Crippen molar-refractivity contribution >= 4 is 11.6 Å². The van der Waals surface area contributed by atoms with E-state index in [0.717, 1.165) is 16.7 Å². The Morgan fingerprint density at radius 3 is 2.83 bits per heavy atom. The number of fused-ring (bicyclic) bond motifs is 2. The molecule has 0 radical (unpaired) electrons. The van der Waals surface area contributed by atoms with Crippen molar-refractivity contribution in [2.45, 2.75) is 19.5 Å². The molecular weight excluding hydrogens is 445 g/mol. The summed E-state index contributed by atoms with van der Waals surface area (Å²) < 4.78 is 21.8. The summed E-state index contributed by atoms with van der Waals surface area (Å²) in [5.74, 6) is 0.829. The van der Waals surface area contributed by atoms with Gasteiger partial charge in [0.2, 0.25) is 5.95 Å². The molecule has 0 aliphatic carbocycles. The minimum Gasteiger partial charge on any atom is -0.493 e. The number of ether oxygens (including phenoxy) is 1. The number of benzene rings is 2. The molecule has 1 aliphatic rings. The zero-order chi connectivity index (χ0) is 24.5. The third kappa shape index (κ3) is 4.14. The van der Waals surface area contributed by atoms with Crippen LogP contribution in [0.3, 0.4) is 0 Å². The lowest BCUT2D eigenvalue weighted by Crippen LogP contribution is -2.12. The maximum Gasteiger partial charge on any atom is 0.208 e. The molecule has 1 aliphatic heterocycles. The van der Waals surface area contributed by atoms with Crippen LogP contribution in [0.2, 0.25) is 0 Å². The zero-order valence-corrected chi connectivity index (χ0v) is 19.3. The fourth-order valence-electron chi connectivity index (χ4n) is 4.37. The van der Waals surface area contributed by atoms with E-state index in [-0.39, 0.29) is 18.1 Å². The number of hydrogen-bond acceptors (Lipinski definition) is 7. The Morgan fingerprint density at radius 2 is 2.06 bits per heavy atom. The molecule has 0 fully saturated rings. The lowest BCUT2D eigenvalue weighted by Gasteiger charge is -2.14. The summed E-state index contributed by atoms with van der Waals surface area (Å²) in [7, 11) is 3.90. The second-order valence-corrected chi connectivity index (χ2v) is 8.60. The summed E-state index contributed by atoms with van der Waals surface area (Å²) in [6.45, 7) is 1.39. The molecule has 0 saturated heterocycles. The summed E-state index contributed by atoms with van der Waals surface area (Å²) in [6, 6.07) is 13.1. The van der Waals surface area contributed by atoms with Crippen LogP contribution in [-0.2, 0) is 19.5 Å². The Balaban J connectivity index is 1.53. The summed E-state index contributed by atoms with van der Waals surface area (Å²) >= 11 is 0. The van der Waals surface area contributed by atoms with E-state index in [1.54, 1.807) is 22.9 Å². The number of halogens is 1. The van der Waals surface area contributed by atoms with Crippen molar-refractivity contribution in [3.05, 3.63) is 76.5 Å². The van der Waals surface area contributed by atoms with Crippen LogP contribution in [-0.4, -0.2) is 40.0 Å². The van der Waals surface area contributed by atoms with Gasteiger partial charge in [0.25, 0.3) is 0 Å². The number of nitriles is 2. The molecule has 35 heavy (non-hydrogen) atoms. The highest BCUT2D eigenvalue weighted by molar-refractivity contribution is 5.79. The summed E-state index contributed by atoms with van der Waals surface area (Å²) in [5.41, 5.74) is 5.09. The topological polar surface area (TPSA) is 102 Å². The third-order valence-electron chi connectivity index (χ3n) is 6.00. The molecule has 0 bridgehead atoms. The molecule has 5 rings (SSSR count). The molecule has 2 aromatic heterocycles. The first-order chi connectivity index (χ1) is 17.0. The first kappa shape index (κ1) is 22.3. The van der Waals surface area contributed by atoms with Gasteiger partial charge in [-0.1, -0.05) is 12.1 Å². The SMILES string of the molecule is CN(C)Cc1ccc(-c2cnc(NCc3c(F)ccc4c3CCO4)n3cc(C#N)nc23)cc1C#N. The number of rotatable bonds is 6. The first-order valence-corrected chi connectivity index (χ1v) is 11.1. The minimum atomic E-state index is -0.306. The van der Waals surface area contributed by atoms with E-state index in [1.165, 1.54) is 6.07 Å². The Hall–Kier alpha value is -4.47. The van der Waals surface area contributed by atoms with Gasteiger partial charge in [-0.25, -0.2) is 14.4 Å². The average Bonchev–Trinajstić information content (AvgIpc) is 3.51. The van der Waals surface area contributed by atoms with Crippen molar-refractivity contribution in [1.29, 1.82) is 10.5 Å². The molecule has 0 atom stereocenters. The number of nitrogens with one attached hydrogen (secondary N) is 1. The van der Waals surface area contributed by atoms with Gasteiger partial charge in [-0.2, -0.15) is 10.5 Å². The summed E-state index contributed by atoms with van der Waals surface area (Å²) in [4.78, 5) is 11.0. The van der Waals surface area contributed by atoms with Crippen molar-refractivity contribution < 1.29 is 9.13 Å². The molecular formula is C26H22FN7O. The molecule has 0 saturated carbocycles. The standard InChI is InChI=1S/C26H22FN7O/c1-33(2)14-17-4-3-16(9-18(17)10-28)21-12-30-26(34-15-19(11-29)32-25(21)34)31-13-22-20-7-8-35-24(20)6-5-23(22)27/h3-6,9,12,15H,7-8,13-14H2,1-2H3,(H,30,31). The number of nitrogens with zero attached hydrogens (tertiary/aromatic N) is 6. The fourth-order valence-corrected chi connectivity index (χ4v) is 4.37. The Kier molecular flexibility index (Phi) is 5.77. The van der Waals surface area contributed by atoms with Crippen molar-refractivity contribution in [3.63, 3.8) is 0 Å². The van der Waals surface area contributed by atoms with Crippen molar-refractivity contribution in [2.75, 3.05) is 26.0 Å². The molecule has 174 valence electrons. The quantitative estimate of drug-likeness (QED) is 0.459. The van der Waals surface area contributed by atoms with Crippen LogP contribution in [0.1, 0.15) is 27.9 Å². The summed E-state index contributed by atoms with van der Waals surface area (Å²) in [6.07, 6.45) is 3.90. The van der Waals surface area contributed by atoms with E-state index in [4.69, 9.17) is 4.74 Å². The number of imidazole rings is 1. The van der Waals surface area contributed by atoms with Crippen LogP contribution in [0.25, 0.3) is 16.8 Å². The molecule has 2 aromatic carbocycles. The largest absolute Gasteiger partial charge is 0.493 e. The highest BCUT2D eigenvalue weighted by Crippen LogP contribution is 2.31. The van der Waals surface area contributed by atoms with Crippen molar-refractivity contribution in [2.24, 2.45) is 0 Å². The maximum absolute atomic E-state index is 14.6. The molecule has 9 heteroatoms. The summed E-state index contributed by atoms with van der Waals surface area (Å²) in [5, 5.41) is 22.3. The van der Waals surface area contributed by atoms with Crippen LogP contribution in [0.4, 0.5) is 10.3 Å². The molecule has 0 amide bonds. The lowest BCUT2D eigenvalue weighted by molar-refractivity contribution is 0.356. The molecule has 4 aromatic rings. The van der Waals surface area contributed by atoms with E-state index >= 15 is 0 Å². The van der Waals surface area contributed by atoms with Crippen LogP contribution in [0, 0.1) is 28.5 Å². The Labute approximate surface area is 201 Å². The third-order valence-corrected chi connectivity index (χ3v) is 6.00. The molecule has 8 nitrogen and oxygen atoms in total. The predicted octanol–water partition coefficient (Wildman–Crippen LogP) is 3.89. The smallest absolute Gasteiger partial charge is 0.208 e. The monoisotopic (exact) mass is 467 g/mol. The average molecular weight is 468 g/mol. The maximum atomic E-state index is 14.6. The van der Waals surface area contributed by atoms with E-state index in [9.17, 15) is 14.9 Å². The number of hydrogen-bond donors (Lipinski definition) is 1. The van der Waals surface area contributed by atoms with Gasteiger partial charge >= 0.3 is 0 Å². The van der Waals surface area contributed by atoms with E-state index in [2.05, 4.69) is 27.4 Å². The molecule has 3 heterocycles. The van der Waals surface area contributed by atoms with Gasteiger partial charge in [0.05, 0.1) is 24.4 Å². The highest BCUT2D eigenvalue weighted by atomic mass is 19.1. The van der Waals surface area contributed by atoms with Gasteiger partial charge < -0.3 is 15.0 Å². The number of anilines is 1. The molecule has 0 spiro atoms. The molecule has 1 N–H and O–H groups in total. The van der Waals surface area contributed by atoms with Gasteiger partial charge in [-0.3, -0.25) is 4.40 Å². The second-order valence-electron chi connectivity index (χ2n) is 8.60. The van der Waals surface area contributed by atoms with Crippen LogP contribution in [0.5, 0.6) is 5.75 Å². The highest BCUT2D eigenvalue weighted by Gasteiger charge is 2.20. The zero-order valence-electron chi connectivity index (χ0n) is 19.3. The van der Waals surface area contributed by atoms with Crippen LogP contribution >= 0.6 is 0 Å². The minimum absolute atomic E-state index is 0.206. The van der Waals surface area contributed by atoms with E-state index < -0.39 is 0 Å². The van der Waals surface area contributed by atoms with Gasteiger partial charge in [0.15, 0.2) is 11.3 Å². The number of aromatic nitrogens is 3. The lowest BCUT2D eigenvalue weighted by atomic mass is 10.0. The van der Waals surface area contributed by atoms with Gasteiger partial charge in [-0.05, 0) is 43.4 Å². The van der Waals surface area contributed by atoms with E-state index in [0.29, 0.717) is 53.6 Å². The van der Waals surface area contributed by atoms with Gasteiger partial charge in [0, 0.05) is 42.4 Å². The second kappa shape index (κ2) is 9.05.